The number of unbranched alkanes of at least 4 members (excludes halogenated alkanes) is 2. The Morgan fingerprint density at radius 3 is 2.64 bits per heavy atom. The fourth-order valence-corrected chi connectivity index (χ4v) is 3.81. The van der Waals surface area contributed by atoms with Crippen LogP contribution >= 0.6 is 0 Å². The fourth-order valence-electron chi connectivity index (χ4n) is 2.81. The summed E-state index contributed by atoms with van der Waals surface area (Å²) in [5.41, 5.74) is 9.85. The zero-order valence-electron chi connectivity index (χ0n) is 14.5. The number of rotatable bonds is 7. The summed E-state index contributed by atoms with van der Waals surface area (Å²) in [6, 6.07) is 1.72. The van der Waals surface area contributed by atoms with Gasteiger partial charge >= 0.3 is 0 Å². The maximum Gasteiger partial charge on any atom is 0.218 e. The number of nitrogens with two attached hydrogens (primary N) is 1. The largest absolute Gasteiger partial charge is 0.382 e. The van der Waals surface area contributed by atoms with E-state index in [0.29, 0.717) is 16.7 Å². The zero-order valence-corrected chi connectivity index (χ0v) is 15.3. The average Bonchev–Trinajstić information content (AvgIpc) is 3.05. The van der Waals surface area contributed by atoms with Gasteiger partial charge in [-0.3, -0.25) is 4.21 Å². The molecule has 0 radical (unpaired) electrons. The van der Waals surface area contributed by atoms with Crippen LogP contribution in [0.15, 0.2) is 29.9 Å². The Balaban J connectivity index is 1.55. The lowest BCUT2D eigenvalue weighted by Crippen LogP contribution is -2.04. The predicted octanol–water partition coefficient (Wildman–Crippen LogP) is 2.40. The van der Waals surface area contributed by atoms with Crippen LogP contribution in [0.1, 0.15) is 30.5 Å². The Morgan fingerprint density at radius 2 is 1.88 bits per heavy atom. The molecular weight excluding hydrogens is 336 g/mol. The van der Waals surface area contributed by atoms with Gasteiger partial charge in [0.15, 0.2) is 5.82 Å². The summed E-state index contributed by atoms with van der Waals surface area (Å²) in [7, 11) is -1.12. The summed E-state index contributed by atoms with van der Waals surface area (Å²) in [5.74, 6) is 1.07. The van der Waals surface area contributed by atoms with E-state index in [1.165, 1.54) is 0 Å². The number of hydrogen-bond acceptors (Lipinski definition) is 6. The van der Waals surface area contributed by atoms with Crippen LogP contribution in [0.25, 0.3) is 11.0 Å². The van der Waals surface area contributed by atoms with E-state index in [2.05, 4.69) is 24.5 Å². The first-order valence-corrected chi connectivity index (χ1v) is 9.62. The number of anilines is 1. The van der Waals surface area contributed by atoms with Gasteiger partial charge in [0.25, 0.3) is 0 Å². The van der Waals surface area contributed by atoms with Gasteiger partial charge in [0, 0.05) is 30.4 Å². The maximum absolute atomic E-state index is 12.1. The van der Waals surface area contributed by atoms with Crippen LogP contribution in [0.4, 0.5) is 5.82 Å². The van der Waals surface area contributed by atoms with E-state index < -0.39 is 10.8 Å². The zero-order chi connectivity index (χ0) is 17.8. The molecule has 8 heteroatoms. The molecule has 7 nitrogen and oxygen atoms in total. The van der Waals surface area contributed by atoms with Crippen molar-refractivity contribution in [2.75, 3.05) is 11.5 Å². The molecule has 0 bridgehead atoms. The number of nitrogen functional groups attached to an aromatic ring is 1. The highest BCUT2D eigenvalue weighted by atomic mass is 32.2. The number of nitrogens with zero attached hydrogens (tertiary/aromatic N) is 5. The summed E-state index contributed by atoms with van der Waals surface area (Å²) in [6.07, 6.45) is 7.91. The molecule has 0 aromatic carbocycles. The molecule has 3 aromatic heterocycles. The highest BCUT2D eigenvalue weighted by Gasteiger charge is 2.12. The van der Waals surface area contributed by atoms with Crippen molar-refractivity contribution in [3.05, 3.63) is 36.0 Å². The molecule has 0 aliphatic carbocycles. The molecule has 0 saturated carbocycles. The minimum Gasteiger partial charge on any atom is -0.382 e. The first-order chi connectivity index (χ1) is 12.1. The molecule has 0 saturated heterocycles. The summed E-state index contributed by atoms with van der Waals surface area (Å²) >= 11 is 0. The van der Waals surface area contributed by atoms with E-state index in [-0.39, 0.29) is 0 Å². The van der Waals surface area contributed by atoms with Gasteiger partial charge in [-0.1, -0.05) is 6.42 Å². The van der Waals surface area contributed by atoms with E-state index in [9.17, 15) is 4.21 Å². The van der Waals surface area contributed by atoms with Gasteiger partial charge in [0.05, 0.1) is 22.6 Å². The Bertz CT molecular complexity index is 893. The Labute approximate surface area is 149 Å². The molecule has 2 N–H and O–H groups in total. The van der Waals surface area contributed by atoms with Crippen LogP contribution in [-0.2, 0) is 17.3 Å². The predicted molar refractivity (Wildman–Crippen MR) is 98.6 cm³/mol. The third kappa shape index (κ3) is 3.84. The standard InChI is InChI=1S/C17H22N6OS/c1-12-13(2)22-16(18)14-15(12)23(11-21-14)9-4-3-5-10-25(24)17-19-7-6-8-20-17/h6-8,11H,3-5,9-10H2,1-2H3,(H2,18,22). The molecule has 3 heterocycles. The molecule has 1 atom stereocenters. The van der Waals surface area contributed by atoms with Crippen LogP contribution in [0.2, 0.25) is 0 Å². The quantitative estimate of drug-likeness (QED) is 0.514. The second kappa shape index (κ2) is 7.69. The minimum absolute atomic E-state index is 0.414. The van der Waals surface area contributed by atoms with Crippen LogP contribution in [0, 0.1) is 13.8 Å². The number of pyridine rings is 1. The van der Waals surface area contributed by atoms with Crippen LogP contribution in [0.5, 0.6) is 0 Å². The molecule has 0 aliphatic heterocycles. The number of hydrogen-bond donors (Lipinski definition) is 1. The van der Waals surface area contributed by atoms with Crippen molar-refractivity contribution in [3.63, 3.8) is 0 Å². The summed E-state index contributed by atoms with van der Waals surface area (Å²) in [4.78, 5) is 16.8. The smallest absolute Gasteiger partial charge is 0.218 e. The molecule has 132 valence electrons. The van der Waals surface area contributed by atoms with Crippen molar-refractivity contribution < 1.29 is 4.21 Å². The molecule has 0 amide bonds. The first-order valence-electron chi connectivity index (χ1n) is 8.31. The molecule has 3 rings (SSSR count). The van der Waals surface area contributed by atoms with Gasteiger partial charge in [0.2, 0.25) is 5.16 Å². The van der Waals surface area contributed by atoms with Crippen molar-refractivity contribution in [1.82, 2.24) is 24.5 Å². The van der Waals surface area contributed by atoms with Crippen molar-refractivity contribution in [2.24, 2.45) is 0 Å². The lowest BCUT2D eigenvalue weighted by Gasteiger charge is -2.09. The highest BCUT2D eigenvalue weighted by Crippen LogP contribution is 2.24. The Kier molecular flexibility index (Phi) is 5.37. The highest BCUT2D eigenvalue weighted by molar-refractivity contribution is 7.84. The SMILES string of the molecule is Cc1nc(N)c2ncn(CCCCCS(=O)c3ncccn3)c2c1C. The molecule has 1 unspecified atom stereocenters. The topological polar surface area (TPSA) is 99.6 Å². The number of aryl methyl sites for hydroxylation is 3. The molecule has 25 heavy (non-hydrogen) atoms. The third-order valence-electron chi connectivity index (χ3n) is 4.24. The second-order valence-electron chi connectivity index (χ2n) is 5.98. The van der Waals surface area contributed by atoms with Crippen molar-refractivity contribution >= 4 is 27.7 Å². The maximum atomic E-state index is 12.1. The van der Waals surface area contributed by atoms with Gasteiger partial charge in [-0.2, -0.15) is 0 Å². The monoisotopic (exact) mass is 358 g/mol. The van der Waals surface area contributed by atoms with Gasteiger partial charge in [-0.25, -0.2) is 19.9 Å². The lowest BCUT2D eigenvalue weighted by atomic mass is 10.2. The Hall–Kier alpha value is -2.35. The number of aromatic nitrogens is 5. The lowest BCUT2D eigenvalue weighted by molar-refractivity contribution is 0.609. The number of imidazole rings is 1. The molecular formula is C17H22N6OS. The average molecular weight is 358 g/mol. The normalized spacial score (nSPS) is 12.6. The van der Waals surface area contributed by atoms with Crippen molar-refractivity contribution in [2.45, 2.75) is 44.8 Å². The van der Waals surface area contributed by atoms with E-state index in [1.807, 2.05) is 20.2 Å². The fraction of sp³-hybridized carbons (Fsp3) is 0.412. The van der Waals surface area contributed by atoms with Gasteiger partial charge < -0.3 is 10.3 Å². The van der Waals surface area contributed by atoms with Crippen LogP contribution in [0.3, 0.4) is 0 Å². The van der Waals surface area contributed by atoms with E-state index >= 15 is 0 Å². The molecule has 0 fully saturated rings. The minimum atomic E-state index is -1.12. The summed E-state index contributed by atoms with van der Waals surface area (Å²) in [5, 5.41) is 0.414. The second-order valence-corrected chi connectivity index (χ2v) is 7.45. The van der Waals surface area contributed by atoms with Gasteiger partial charge in [0.1, 0.15) is 5.52 Å². The van der Waals surface area contributed by atoms with Crippen LogP contribution in [-0.4, -0.2) is 34.5 Å². The van der Waals surface area contributed by atoms with Crippen molar-refractivity contribution in [3.8, 4) is 0 Å². The van der Waals surface area contributed by atoms with Gasteiger partial charge in [-0.05, 0) is 38.3 Å². The van der Waals surface area contributed by atoms with Crippen LogP contribution < -0.4 is 5.73 Å². The third-order valence-corrected chi connectivity index (χ3v) is 5.52. The molecule has 0 spiro atoms. The molecule has 3 aromatic rings. The van der Waals surface area contributed by atoms with E-state index in [1.54, 1.807) is 18.5 Å². The molecule has 0 aliphatic rings. The summed E-state index contributed by atoms with van der Waals surface area (Å²) in [6.45, 7) is 4.86. The number of fused-ring (bicyclic) bond motifs is 1. The van der Waals surface area contributed by atoms with Crippen molar-refractivity contribution in [1.29, 1.82) is 0 Å². The van der Waals surface area contributed by atoms with E-state index in [4.69, 9.17) is 5.73 Å². The first kappa shape index (κ1) is 17.5. The Morgan fingerprint density at radius 1 is 1.12 bits per heavy atom. The van der Waals surface area contributed by atoms with E-state index in [0.717, 1.165) is 48.1 Å². The van der Waals surface area contributed by atoms with Gasteiger partial charge in [-0.15, -0.1) is 0 Å². The summed E-state index contributed by atoms with van der Waals surface area (Å²) < 4.78 is 14.2.